The van der Waals surface area contributed by atoms with Gasteiger partial charge in [-0.3, -0.25) is 0 Å². The summed E-state index contributed by atoms with van der Waals surface area (Å²) >= 11 is 0. The van der Waals surface area contributed by atoms with Gasteiger partial charge in [0.2, 0.25) is 0 Å². The Morgan fingerprint density at radius 1 is 0.885 bits per heavy atom. The highest BCUT2D eigenvalue weighted by Crippen LogP contribution is 2.29. The van der Waals surface area contributed by atoms with E-state index in [2.05, 4.69) is 19.9 Å². The van der Waals surface area contributed by atoms with Crippen molar-refractivity contribution in [1.82, 2.24) is 6.15 Å². The smallest absolute Gasteiger partial charge is 0.336 e. The molecule has 0 radical (unpaired) electrons. The predicted octanol–water partition coefficient (Wildman–Crippen LogP) is 6.95. The molecule has 3 nitrogen and oxygen atoms in total. The van der Waals surface area contributed by atoms with Crippen molar-refractivity contribution in [2.24, 2.45) is 0 Å². The van der Waals surface area contributed by atoms with Crippen molar-refractivity contribution in [2.75, 3.05) is 0 Å². The summed E-state index contributed by atoms with van der Waals surface area (Å²) in [6, 6.07) is 10.2. The van der Waals surface area contributed by atoms with Crippen molar-refractivity contribution >= 4 is 16.7 Å². The Morgan fingerprint density at radius 3 is 2.12 bits per heavy atom. The predicted molar refractivity (Wildman–Crippen MR) is 112 cm³/mol. The Bertz CT molecular complexity index is 694. The molecular formula is C23H35NO2. The van der Waals surface area contributed by atoms with Crippen LogP contribution in [-0.2, 0) is 12.8 Å². The Morgan fingerprint density at radius 2 is 1.50 bits per heavy atom. The normalized spacial score (nSPS) is 10.7. The van der Waals surface area contributed by atoms with E-state index in [4.69, 9.17) is 0 Å². The maximum atomic E-state index is 12.1. The molecule has 0 amide bonds. The summed E-state index contributed by atoms with van der Waals surface area (Å²) in [5.74, 6) is -0.780. The summed E-state index contributed by atoms with van der Waals surface area (Å²) in [5, 5.41) is 11.8. The third kappa shape index (κ3) is 5.84. The lowest BCUT2D eigenvalue weighted by atomic mass is 9.88. The second-order valence-electron chi connectivity index (χ2n) is 7.04. The second kappa shape index (κ2) is 11.7. The lowest BCUT2D eigenvalue weighted by Gasteiger charge is -2.16. The number of carbonyl (C=O) groups is 1. The number of carboxylic acids is 1. The van der Waals surface area contributed by atoms with Crippen molar-refractivity contribution in [3.63, 3.8) is 0 Å². The van der Waals surface area contributed by atoms with E-state index < -0.39 is 5.97 Å². The maximum absolute atomic E-state index is 12.1. The minimum atomic E-state index is -0.780. The fraction of sp³-hybridized carbons (Fsp3) is 0.522. The molecule has 0 aliphatic heterocycles. The second-order valence-corrected chi connectivity index (χ2v) is 7.04. The third-order valence-electron chi connectivity index (χ3n) is 5.04. The molecule has 3 heteroatoms. The van der Waals surface area contributed by atoms with Gasteiger partial charge in [0.05, 0.1) is 5.56 Å². The first-order chi connectivity index (χ1) is 12.2. The molecule has 0 aromatic heterocycles. The average molecular weight is 358 g/mol. The number of rotatable bonds is 11. The van der Waals surface area contributed by atoms with Crippen LogP contribution in [0.25, 0.3) is 10.8 Å². The van der Waals surface area contributed by atoms with Gasteiger partial charge in [-0.1, -0.05) is 82.7 Å². The molecule has 4 N–H and O–H groups in total. The lowest BCUT2D eigenvalue weighted by molar-refractivity contribution is 0.0697. The maximum Gasteiger partial charge on any atom is 0.336 e. The molecule has 0 atom stereocenters. The molecule has 2 aromatic carbocycles. The van der Waals surface area contributed by atoms with Gasteiger partial charge < -0.3 is 11.3 Å². The number of hydrogen-bond acceptors (Lipinski definition) is 2. The van der Waals surface area contributed by atoms with Crippen LogP contribution in [0.2, 0.25) is 0 Å². The molecule has 0 aliphatic carbocycles. The SMILES string of the molecule is CCCCCCc1cc2ccccc2c(C(=O)O)c1CCCCCC.N. The Hall–Kier alpha value is -1.87. The van der Waals surface area contributed by atoms with E-state index in [1.165, 1.54) is 44.1 Å². The molecule has 0 bridgehead atoms. The number of hydrogen-bond donors (Lipinski definition) is 2. The van der Waals surface area contributed by atoms with Gasteiger partial charge in [-0.05, 0) is 47.6 Å². The largest absolute Gasteiger partial charge is 0.478 e. The van der Waals surface area contributed by atoms with E-state index in [1.54, 1.807) is 0 Å². The molecule has 2 rings (SSSR count). The molecular weight excluding hydrogens is 322 g/mol. The van der Waals surface area contributed by atoms with Crippen LogP contribution in [-0.4, -0.2) is 11.1 Å². The number of carboxylic acid groups (broad SMARTS) is 1. The number of aromatic carboxylic acids is 1. The van der Waals surface area contributed by atoms with Crippen LogP contribution in [0.15, 0.2) is 30.3 Å². The van der Waals surface area contributed by atoms with Gasteiger partial charge in [0.1, 0.15) is 0 Å². The van der Waals surface area contributed by atoms with Gasteiger partial charge in [0, 0.05) is 0 Å². The molecule has 0 spiro atoms. The van der Waals surface area contributed by atoms with Crippen LogP contribution < -0.4 is 6.15 Å². The van der Waals surface area contributed by atoms with E-state index in [0.717, 1.165) is 42.0 Å². The molecule has 0 fully saturated rings. The highest BCUT2D eigenvalue weighted by molar-refractivity contribution is 6.05. The first-order valence-corrected chi connectivity index (χ1v) is 9.95. The molecule has 144 valence electrons. The van der Waals surface area contributed by atoms with Crippen LogP contribution in [0.4, 0.5) is 0 Å². The molecule has 2 aromatic rings. The summed E-state index contributed by atoms with van der Waals surface area (Å²) in [6.07, 6.45) is 11.4. The van der Waals surface area contributed by atoms with E-state index in [0.29, 0.717) is 5.56 Å². The zero-order valence-corrected chi connectivity index (χ0v) is 16.5. The van der Waals surface area contributed by atoms with Crippen LogP contribution in [0, 0.1) is 0 Å². The van der Waals surface area contributed by atoms with Crippen molar-refractivity contribution in [3.8, 4) is 0 Å². The van der Waals surface area contributed by atoms with E-state index in [9.17, 15) is 9.90 Å². The summed E-state index contributed by atoms with van der Waals surface area (Å²) in [6.45, 7) is 4.43. The Kier molecular flexibility index (Phi) is 9.97. The first-order valence-electron chi connectivity index (χ1n) is 9.95. The summed E-state index contributed by atoms with van der Waals surface area (Å²) in [5.41, 5.74) is 2.88. The van der Waals surface area contributed by atoms with Crippen molar-refractivity contribution in [2.45, 2.75) is 78.1 Å². The van der Waals surface area contributed by atoms with Gasteiger partial charge in [-0.25, -0.2) is 4.79 Å². The number of benzene rings is 2. The van der Waals surface area contributed by atoms with Crippen molar-refractivity contribution < 1.29 is 9.90 Å². The van der Waals surface area contributed by atoms with Crippen LogP contribution in [0.5, 0.6) is 0 Å². The molecule has 26 heavy (non-hydrogen) atoms. The molecule has 0 aliphatic rings. The summed E-state index contributed by atoms with van der Waals surface area (Å²) in [4.78, 5) is 12.1. The fourth-order valence-electron chi connectivity index (χ4n) is 3.67. The minimum absolute atomic E-state index is 0. The monoisotopic (exact) mass is 357 g/mol. The quantitative estimate of drug-likeness (QED) is 0.427. The van der Waals surface area contributed by atoms with Gasteiger partial charge in [0.25, 0.3) is 0 Å². The van der Waals surface area contributed by atoms with Crippen LogP contribution in [0.1, 0.15) is 86.7 Å². The third-order valence-corrected chi connectivity index (χ3v) is 5.04. The molecule has 0 unspecified atom stereocenters. The van der Waals surface area contributed by atoms with Crippen molar-refractivity contribution in [1.29, 1.82) is 0 Å². The highest BCUT2D eigenvalue weighted by Gasteiger charge is 2.18. The summed E-state index contributed by atoms with van der Waals surface area (Å²) in [7, 11) is 0. The minimum Gasteiger partial charge on any atom is -0.478 e. The van der Waals surface area contributed by atoms with Crippen LogP contribution >= 0.6 is 0 Å². The number of fused-ring (bicyclic) bond motifs is 1. The van der Waals surface area contributed by atoms with Gasteiger partial charge in [-0.15, -0.1) is 0 Å². The standard InChI is InChI=1S/C23H32O2.H3N/c1-3-5-7-9-13-18-17-19-14-11-12-16-21(19)22(23(24)25)20(18)15-10-8-6-4-2;/h11-12,14,16-17H,3-10,13,15H2,1-2H3,(H,24,25);1H3. The molecule has 0 heterocycles. The molecule has 0 saturated heterocycles. The van der Waals surface area contributed by atoms with Crippen molar-refractivity contribution in [3.05, 3.63) is 47.0 Å². The Balaban J connectivity index is 0.00000338. The lowest BCUT2D eigenvalue weighted by Crippen LogP contribution is -2.08. The topological polar surface area (TPSA) is 72.3 Å². The van der Waals surface area contributed by atoms with Gasteiger partial charge in [-0.2, -0.15) is 0 Å². The van der Waals surface area contributed by atoms with Gasteiger partial charge in [0.15, 0.2) is 0 Å². The van der Waals surface area contributed by atoms with E-state index >= 15 is 0 Å². The van der Waals surface area contributed by atoms with Gasteiger partial charge >= 0.3 is 5.97 Å². The number of aryl methyl sites for hydroxylation is 1. The fourth-order valence-corrected chi connectivity index (χ4v) is 3.67. The summed E-state index contributed by atoms with van der Waals surface area (Å²) < 4.78 is 0. The highest BCUT2D eigenvalue weighted by atomic mass is 16.4. The number of unbranched alkanes of at least 4 members (excludes halogenated alkanes) is 6. The average Bonchev–Trinajstić information content (AvgIpc) is 2.61. The zero-order valence-electron chi connectivity index (χ0n) is 16.5. The first kappa shape index (κ1) is 22.2. The van der Waals surface area contributed by atoms with Crippen LogP contribution in [0.3, 0.4) is 0 Å². The van der Waals surface area contributed by atoms with E-state index in [1.807, 2.05) is 24.3 Å². The zero-order chi connectivity index (χ0) is 18.1. The Labute approximate surface area is 158 Å². The van der Waals surface area contributed by atoms with E-state index in [-0.39, 0.29) is 6.15 Å². The molecule has 0 saturated carbocycles.